The van der Waals surface area contributed by atoms with Gasteiger partial charge in [0.05, 0.1) is 17.8 Å². The number of halogens is 1. The topological polar surface area (TPSA) is 42.0 Å². The largest absolute Gasteiger partial charge is 0.325 e. The van der Waals surface area contributed by atoms with E-state index in [0.717, 1.165) is 30.6 Å². The molecule has 0 saturated heterocycles. The Kier molecular flexibility index (Phi) is 5.23. The standard InChI is InChI=1S/C14H15BrN2OS2/c1-8-4-5-11(10(15)6-8)17-13(18)7-12-9(2)16-14(19-3)20-12/h4-6H,7H2,1-3H3,(H,17,18). The summed E-state index contributed by atoms with van der Waals surface area (Å²) >= 11 is 6.65. The lowest BCUT2D eigenvalue weighted by molar-refractivity contribution is -0.115. The summed E-state index contributed by atoms with van der Waals surface area (Å²) in [6.45, 7) is 3.96. The van der Waals surface area contributed by atoms with E-state index in [1.165, 1.54) is 0 Å². The highest BCUT2D eigenvalue weighted by atomic mass is 79.9. The van der Waals surface area contributed by atoms with Crippen LogP contribution in [0.2, 0.25) is 0 Å². The highest BCUT2D eigenvalue weighted by molar-refractivity contribution is 9.10. The minimum Gasteiger partial charge on any atom is -0.325 e. The number of thioether (sulfide) groups is 1. The van der Waals surface area contributed by atoms with E-state index in [0.29, 0.717) is 6.42 Å². The van der Waals surface area contributed by atoms with Gasteiger partial charge < -0.3 is 5.32 Å². The third-order valence-corrected chi connectivity index (χ3v) is 5.57. The fourth-order valence-corrected chi connectivity index (χ4v) is 3.96. The Morgan fingerprint density at radius 2 is 2.20 bits per heavy atom. The van der Waals surface area contributed by atoms with Crippen molar-refractivity contribution >= 4 is 50.6 Å². The highest BCUT2D eigenvalue weighted by Crippen LogP contribution is 2.27. The summed E-state index contributed by atoms with van der Waals surface area (Å²) in [6, 6.07) is 5.87. The van der Waals surface area contributed by atoms with Crippen LogP contribution in [0.3, 0.4) is 0 Å². The predicted octanol–water partition coefficient (Wildman–Crippen LogP) is 4.43. The van der Waals surface area contributed by atoms with E-state index in [1.807, 2.05) is 38.3 Å². The molecule has 0 radical (unpaired) electrons. The van der Waals surface area contributed by atoms with Crippen LogP contribution in [0.4, 0.5) is 5.69 Å². The number of rotatable bonds is 4. The fourth-order valence-electron chi connectivity index (χ4n) is 1.71. The fraction of sp³-hybridized carbons (Fsp3) is 0.286. The average molecular weight is 371 g/mol. The van der Waals surface area contributed by atoms with Gasteiger partial charge in [-0.25, -0.2) is 4.98 Å². The third-order valence-electron chi connectivity index (χ3n) is 2.77. The van der Waals surface area contributed by atoms with Gasteiger partial charge in [-0.2, -0.15) is 0 Å². The van der Waals surface area contributed by atoms with Gasteiger partial charge in [-0.15, -0.1) is 11.3 Å². The Morgan fingerprint density at radius 1 is 1.45 bits per heavy atom. The Bertz CT molecular complexity index is 640. The van der Waals surface area contributed by atoms with Crippen LogP contribution in [-0.2, 0) is 11.2 Å². The van der Waals surface area contributed by atoms with Gasteiger partial charge in [0, 0.05) is 9.35 Å². The average Bonchev–Trinajstić information content (AvgIpc) is 2.74. The summed E-state index contributed by atoms with van der Waals surface area (Å²) in [4.78, 5) is 17.5. The van der Waals surface area contributed by atoms with Crippen molar-refractivity contribution in [2.45, 2.75) is 24.6 Å². The van der Waals surface area contributed by atoms with Crippen molar-refractivity contribution in [2.24, 2.45) is 0 Å². The molecule has 1 N–H and O–H groups in total. The van der Waals surface area contributed by atoms with Crippen molar-refractivity contribution in [3.05, 3.63) is 38.8 Å². The molecule has 1 aromatic carbocycles. The number of hydrogen-bond acceptors (Lipinski definition) is 4. The molecule has 2 aromatic rings. The first kappa shape index (κ1) is 15.5. The number of amides is 1. The summed E-state index contributed by atoms with van der Waals surface area (Å²) < 4.78 is 1.90. The van der Waals surface area contributed by atoms with E-state index in [-0.39, 0.29) is 5.91 Å². The van der Waals surface area contributed by atoms with Crippen LogP contribution in [-0.4, -0.2) is 17.1 Å². The van der Waals surface area contributed by atoms with Gasteiger partial charge in [0.25, 0.3) is 0 Å². The normalized spacial score (nSPS) is 10.6. The second kappa shape index (κ2) is 6.74. The summed E-state index contributed by atoms with van der Waals surface area (Å²) in [7, 11) is 0. The van der Waals surface area contributed by atoms with Crippen LogP contribution in [0, 0.1) is 13.8 Å². The lowest BCUT2D eigenvalue weighted by Crippen LogP contribution is -2.14. The lowest BCUT2D eigenvalue weighted by Gasteiger charge is -2.07. The summed E-state index contributed by atoms with van der Waals surface area (Å²) in [6.07, 6.45) is 2.36. The molecule has 6 heteroatoms. The molecule has 3 nitrogen and oxygen atoms in total. The Morgan fingerprint density at radius 3 is 2.80 bits per heavy atom. The number of carbonyl (C=O) groups is 1. The monoisotopic (exact) mass is 370 g/mol. The van der Waals surface area contributed by atoms with E-state index in [4.69, 9.17) is 0 Å². The molecular weight excluding hydrogens is 356 g/mol. The quantitative estimate of drug-likeness (QED) is 0.809. The van der Waals surface area contributed by atoms with Crippen LogP contribution in [0.1, 0.15) is 16.1 Å². The number of aromatic nitrogens is 1. The summed E-state index contributed by atoms with van der Waals surface area (Å²) in [5.41, 5.74) is 2.89. The zero-order valence-corrected chi connectivity index (χ0v) is 14.7. The van der Waals surface area contributed by atoms with Gasteiger partial charge in [-0.05, 0) is 53.7 Å². The number of benzene rings is 1. The van der Waals surface area contributed by atoms with Gasteiger partial charge in [0.15, 0.2) is 0 Å². The van der Waals surface area contributed by atoms with E-state index >= 15 is 0 Å². The van der Waals surface area contributed by atoms with Crippen molar-refractivity contribution in [1.82, 2.24) is 4.98 Å². The van der Waals surface area contributed by atoms with Crippen LogP contribution in [0.25, 0.3) is 0 Å². The van der Waals surface area contributed by atoms with Crippen LogP contribution >= 0.6 is 39.0 Å². The molecule has 0 aliphatic heterocycles. The van der Waals surface area contributed by atoms with Crippen molar-refractivity contribution in [2.75, 3.05) is 11.6 Å². The molecule has 20 heavy (non-hydrogen) atoms. The number of anilines is 1. The Labute approximate surface area is 135 Å². The minimum atomic E-state index is -0.0195. The molecular formula is C14H15BrN2OS2. The summed E-state index contributed by atoms with van der Waals surface area (Å²) in [5.74, 6) is -0.0195. The molecule has 2 rings (SSSR count). The molecule has 0 fully saturated rings. The van der Waals surface area contributed by atoms with Crippen LogP contribution < -0.4 is 5.32 Å². The van der Waals surface area contributed by atoms with Gasteiger partial charge in [0.1, 0.15) is 4.34 Å². The summed E-state index contributed by atoms with van der Waals surface area (Å²) in [5, 5.41) is 2.93. The van der Waals surface area contributed by atoms with Gasteiger partial charge in [-0.3, -0.25) is 4.79 Å². The minimum absolute atomic E-state index is 0.0195. The van der Waals surface area contributed by atoms with Crippen molar-refractivity contribution in [1.29, 1.82) is 0 Å². The van der Waals surface area contributed by atoms with E-state index in [1.54, 1.807) is 23.1 Å². The number of nitrogens with one attached hydrogen (secondary N) is 1. The van der Waals surface area contributed by atoms with E-state index < -0.39 is 0 Å². The first-order valence-corrected chi connectivity index (χ1v) is 8.89. The maximum Gasteiger partial charge on any atom is 0.229 e. The van der Waals surface area contributed by atoms with Gasteiger partial charge in [0.2, 0.25) is 5.91 Å². The zero-order valence-electron chi connectivity index (χ0n) is 11.5. The molecule has 0 atom stereocenters. The zero-order chi connectivity index (χ0) is 14.7. The van der Waals surface area contributed by atoms with E-state index in [9.17, 15) is 4.79 Å². The SMILES string of the molecule is CSc1nc(C)c(CC(=O)Nc2ccc(C)cc2Br)s1. The molecule has 0 spiro atoms. The van der Waals surface area contributed by atoms with Crippen LogP contribution in [0.5, 0.6) is 0 Å². The number of aryl methyl sites for hydroxylation is 2. The smallest absolute Gasteiger partial charge is 0.229 e. The van der Waals surface area contributed by atoms with Crippen LogP contribution in [0.15, 0.2) is 27.0 Å². The highest BCUT2D eigenvalue weighted by Gasteiger charge is 2.12. The number of hydrogen-bond donors (Lipinski definition) is 1. The van der Waals surface area contributed by atoms with Crippen molar-refractivity contribution in [3.8, 4) is 0 Å². The first-order valence-electron chi connectivity index (χ1n) is 6.06. The number of nitrogens with zero attached hydrogens (tertiary/aromatic N) is 1. The van der Waals surface area contributed by atoms with Crippen molar-refractivity contribution in [3.63, 3.8) is 0 Å². The molecule has 1 heterocycles. The van der Waals surface area contributed by atoms with Gasteiger partial charge in [-0.1, -0.05) is 17.8 Å². The molecule has 0 aliphatic rings. The maximum atomic E-state index is 12.1. The number of thiazole rings is 1. The molecule has 0 bridgehead atoms. The molecule has 0 aliphatic carbocycles. The molecule has 1 amide bonds. The Hall–Kier alpha value is -0.850. The lowest BCUT2D eigenvalue weighted by atomic mass is 10.2. The maximum absolute atomic E-state index is 12.1. The molecule has 0 unspecified atom stereocenters. The number of carbonyl (C=O) groups excluding carboxylic acids is 1. The van der Waals surface area contributed by atoms with Crippen molar-refractivity contribution < 1.29 is 4.79 Å². The Balaban J connectivity index is 2.06. The first-order chi connectivity index (χ1) is 9.49. The van der Waals surface area contributed by atoms with Gasteiger partial charge >= 0.3 is 0 Å². The van der Waals surface area contributed by atoms with E-state index in [2.05, 4.69) is 26.2 Å². The second-order valence-corrected chi connectivity index (χ2v) is 7.39. The molecule has 0 saturated carbocycles. The third kappa shape index (κ3) is 3.84. The second-order valence-electron chi connectivity index (χ2n) is 4.40. The predicted molar refractivity (Wildman–Crippen MR) is 89.8 cm³/mol. The molecule has 106 valence electrons. The molecule has 1 aromatic heterocycles.